The SMILES string of the molecule is Nc1ccc(-c2[nH]n(-c3ccccc3)c(=O)c2N=Nc2ccc(N=Nc3ccccc3)cc2)cc1. The molecule has 0 radical (unpaired) electrons. The molecule has 0 saturated carbocycles. The zero-order valence-corrected chi connectivity index (χ0v) is 18.6. The summed E-state index contributed by atoms with van der Waals surface area (Å²) >= 11 is 0. The van der Waals surface area contributed by atoms with Crippen molar-refractivity contribution in [2.24, 2.45) is 20.5 Å². The van der Waals surface area contributed by atoms with Gasteiger partial charge >= 0.3 is 0 Å². The summed E-state index contributed by atoms with van der Waals surface area (Å²) in [6.07, 6.45) is 0. The Hall–Kier alpha value is -5.11. The van der Waals surface area contributed by atoms with Crippen molar-refractivity contribution in [3.05, 3.63) is 120 Å². The van der Waals surface area contributed by atoms with Gasteiger partial charge in [-0.05, 0) is 60.7 Å². The molecule has 5 rings (SSSR count). The fraction of sp³-hybridized carbons (Fsp3) is 0. The molecule has 8 nitrogen and oxygen atoms in total. The van der Waals surface area contributed by atoms with Crippen LogP contribution in [0.3, 0.4) is 0 Å². The van der Waals surface area contributed by atoms with Crippen LogP contribution in [0.1, 0.15) is 0 Å². The molecule has 0 aliphatic rings. The molecule has 3 N–H and O–H groups in total. The van der Waals surface area contributed by atoms with E-state index in [0.29, 0.717) is 28.4 Å². The molecule has 0 fully saturated rings. The van der Waals surface area contributed by atoms with Gasteiger partial charge in [0.05, 0.1) is 28.4 Å². The van der Waals surface area contributed by atoms with Crippen LogP contribution in [-0.2, 0) is 0 Å². The van der Waals surface area contributed by atoms with Crippen LogP contribution in [-0.4, -0.2) is 9.78 Å². The fourth-order valence-corrected chi connectivity index (χ4v) is 3.43. The van der Waals surface area contributed by atoms with E-state index in [-0.39, 0.29) is 11.2 Å². The number of para-hydroxylation sites is 1. The third kappa shape index (κ3) is 4.96. The van der Waals surface area contributed by atoms with E-state index in [1.54, 1.807) is 36.4 Å². The number of hydrogen-bond donors (Lipinski definition) is 2. The first-order valence-corrected chi connectivity index (χ1v) is 10.9. The van der Waals surface area contributed by atoms with Crippen LogP contribution in [0.2, 0.25) is 0 Å². The van der Waals surface area contributed by atoms with Gasteiger partial charge in [-0.15, -0.1) is 5.11 Å². The number of nitrogens with one attached hydrogen (secondary N) is 1. The molecule has 0 aliphatic carbocycles. The van der Waals surface area contributed by atoms with Gasteiger partial charge in [0.15, 0.2) is 5.69 Å². The van der Waals surface area contributed by atoms with Gasteiger partial charge in [0, 0.05) is 11.3 Å². The molecular weight excluding hydrogens is 438 g/mol. The number of hydrogen-bond acceptors (Lipinski definition) is 6. The van der Waals surface area contributed by atoms with Crippen molar-refractivity contribution >= 4 is 28.4 Å². The second kappa shape index (κ2) is 9.80. The number of aromatic amines is 1. The molecule has 0 atom stereocenters. The van der Waals surface area contributed by atoms with E-state index in [9.17, 15) is 4.79 Å². The second-order valence-corrected chi connectivity index (χ2v) is 7.69. The highest BCUT2D eigenvalue weighted by molar-refractivity contribution is 5.73. The number of nitrogen functional groups attached to an aromatic ring is 1. The third-order valence-electron chi connectivity index (χ3n) is 5.23. The standard InChI is InChI=1S/C27H21N7O/c28-20-13-11-19(12-14-20)25-26(27(35)34(33-25)24-9-5-2-6-10-24)32-31-23-17-15-22(16-18-23)30-29-21-7-3-1-4-8-21/h1-18,33H,28H2. The summed E-state index contributed by atoms with van der Waals surface area (Å²) in [6.45, 7) is 0. The highest BCUT2D eigenvalue weighted by Crippen LogP contribution is 2.29. The van der Waals surface area contributed by atoms with Gasteiger partial charge < -0.3 is 5.73 Å². The minimum absolute atomic E-state index is 0.200. The zero-order chi connectivity index (χ0) is 24.0. The average molecular weight is 460 g/mol. The number of aromatic nitrogens is 2. The highest BCUT2D eigenvalue weighted by atomic mass is 16.1. The van der Waals surface area contributed by atoms with Gasteiger partial charge in [-0.25, -0.2) is 4.68 Å². The molecule has 170 valence electrons. The Balaban J connectivity index is 1.46. The monoisotopic (exact) mass is 459 g/mol. The number of nitrogens with zero attached hydrogens (tertiary/aromatic N) is 5. The smallest absolute Gasteiger partial charge is 0.299 e. The summed E-state index contributed by atoms with van der Waals surface area (Å²) in [5, 5.41) is 20.2. The molecule has 5 aromatic rings. The number of anilines is 1. The lowest BCUT2D eigenvalue weighted by atomic mass is 10.1. The van der Waals surface area contributed by atoms with Gasteiger partial charge in [-0.3, -0.25) is 9.89 Å². The van der Waals surface area contributed by atoms with E-state index in [1.165, 1.54) is 4.68 Å². The van der Waals surface area contributed by atoms with Crippen molar-refractivity contribution in [2.75, 3.05) is 5.73 Å². The van der Waals surface area contributed by atoms with Crippen LogP contribution >= 0.6 is 0 Å². The Morgan fingerprint density at radius 1 is 0.600 bits per heavy atom. The normalized spacial score (nSPS) is 11.4. The molecule has 8 heteroatoms. The van der Waals surface area contributed by atoms with Gasteiger partial charge in [-0.1, -0.05) is 48.5 Å². The van der Waals surface area contributed by atoms with Crippen molar-refractivity contribution in [3.8, 4) is 16.9 Å². The molecule has 4 aromatic carbocycles. The van der Waals surface area contributed by atoms with E-state index < -0.39 is 0 Å². The van der Waals surface area contributed by atoms with E-state index in [1.807, 2.05) is 72.8 Å². The lowest BCUT2D eigenvalue weighted by Crippen LogP contribution is -2.13. The van der Waals surface area contributed by atoms with E-state index >= 15 is 0 Å². The van der Waals surface area contributed by atoms with E-state index in [4.69, 9.17) is 5.73 Å². The molecular formula is C27H21N7O. The van der Waals surface area contributed by atoms with Crippen LogP contribution < -0.4 is 11.3 Å². The van der Waals surface area contributed by atoms with E-state index in [2.05, 4.69) is 25.6 Å². The minimum atomic E-state index is -0.306. The summed E-state index contributed by atoms with van der Waals surface area (Å²) in [7, 11) is 0. The van der Waals surface area contributed by atoms with Crippen molar-refractivity contribution < 1.29 is 0 Å². The Labute approximate surface area is 201 Å². The minimum Gasteiger partial charge on any atom is -0.399 e. The lowest BCUT2D eigenvalue weighted by molar-refractivity contribution is 0.852. The first-order chi connectivity index (χ1) is 17.2. The van der Waals surface area contributed by atoms with Crippen LogP contribution in [0.4, 0.5) is 28.4 Å². The first-order valence-electron chi connectivity index (χ1n) is 10.9. The van der Waals surface area contributed by atoms with E-state index in [0.717, 1.165) is 11.3 Å². The Kier molecular flexibility index (Phi) is 6.08. The summed E-state index contributed by atoms with van der Waals surface area (Å²) in [5.74, 6) is 0. The first kappa shape index (κ1) is 21.7. The largest absolute Gasteiger partial charge is 0.399 e. The number of rotatable bonds is 6. The van der Waals surface area contributed by atoms with Gasteiger partial charge in [-0.2, -0.15) is 15.3 Å². The lowest BCUT2D eigenvalue weighted by Gasteiger charge is -2.02. The Morgan fingerprint density at radius 2 is 1.11 bits per heavy atom. The van der Waals surface area contributed by atoms with Crippen molar-refractivity contribution in [3.63, 3.8) is 0 Å². The topological polar surface area (TPSA) is 113 Å². The summed E-state index contributed by atoms with van der Waals surface area (Å²) in [6, 6.07) is 33.1. The molecule has 0 bridgehead atoms. The highest BCUT2D eigenvalue weighted by Gasteiger charge is 2.17. The summed E-state index contributed by atoms with van der Waals surface area (Å²) in [5.41, 5.74) is 10.4. The molecule has 35 heavy (non-hydrogen) atoms. The molecule has 1 heterocycles. The van der Waals surface area contributed by atoms with Crippen LogP contribution in [0.5, 0.6) is 0 Å². The summed E-state index contributed by atoms with van der Waals surface area (Å²) < 4.78 is 1.45. The summed E-state index contributed by atoms with van der Waals surface area (Å²) in [4.78, 5) is 13.3. The van der Waals surface area contributed by atoms with Crippen LogP contribution in [0.25, 0.3) is 16.9 Å². The average Bonchev–Trinajstić information content (AvgIpc) is 3.24. The molecule has 0 spiro atoms. The van der Waals surface area contributed by atoms with Crippen molar-refractivity contribution in [1.29, 1.82) is 0 Å². The van der Waals surface area contributed by atoms with Crippen LogP contribution in [0, 0.1) is 0 Å². The van der Waals surface area contributed by atoms with Crippen molar-refractivity contribution in [1.82, 2.24) is 9.78 Å². The van der Waals surface area contributed by atoms with Gasteiger partial charge in [0.25, 0.3) is 5.56 Å². The number of benzene rings is 4. The molecule has 0 amide bonds. The maximum atomic E-state index is 13.3. The molecule has 0 unspecified atom stereocenters. The maximum Gasteiger partial charge on any atom is 0.299 e. The quantitative estimate of drug-likeness (QED) is 0.206. The predicted molar refractivity (Wildman–Crippen MR) is 137 cm³/mol. The fourth-order valence-electron chi connectivity index (χ4n) is 3.43. The van der Waals surface area contributed by atoms with Gasteiger partial charge in [0.2, 0.25) is 0 Å². The van der Waals surface area contributed by atoms with Crippen LogP contribution in [0.15, 0.2) is 134 Å². The Bertz CT molecular complexity index is 1530. The van der Waals surface area contributed by atoms with Crippen molar-refractivity contribution in [2.45, 2.75) is 0 Å². The molecule has 0 saturated heterocycles. The second-order valence-electron chi connectivity index (χ2n) is 7.69. The zero-order valence-electron chi connectivity index (χ0n) is 18.6. The third-order valence-corrected chi connectivity index (χ3v) is 5.23. The molecule has 1 aromatic heterocycles. The number of nitrogens with two attached hydrogens (primary N) is 1. The number of H-pyrrole nitrogens is 1. The maximum absolute atomic E-state index is 13.3. The van der Waals surface area contributed by atoms with Gasteiger partial charge in [0.1, 0.15) is 0 Å². The Morgan fingerprint density at radius 3 is 1.71 bits per heavy atom. The molecule has 0 aliphatic heterocycles. The predicted octanol–water partition coefficient (Wildman–Crippen LogP) is 7.25. The number of azo groups is 2.